The van der Waals surface area contributed by atoms with Crippen molar-refractivity contribution in [1.29, 1.82) is 5.26 Å². The SMILES string of the molecule is N#CC(=Cc1cccc(Cl)c1F)c1c(F)cc(Cl)cc1F. The molecule has 0 spiro atoms. The quantitative estimate of drug-likeness (QED) is 0.529. The van der Waals surface area contributed by atoms with Gasteiger partial charge in [-0.2, -0.15) is 5.26 Å². The molecule has 0 aliphatic heterocycles. The molecule has 2 aromatic carbocycles. The van der Waals surface area contributed by atoms with Gasteiger partial charge in [0.2, 0.25) is 0 Å². The highest BCUT2D eigenvalue weighted by Gasteiger charge is 2.16. The third-order valence-electron chi connectivity index (χ3n) is 2.68. The number of rotatable bonds is 2. The summed E-state index contributed by atoms with van der Waals surface area (Å²) in [5, 5.41) is 8.79. The second-order valence-corrected chi connectivity index (χ2v) is 4.90. The number of allylic oxidation sites excluding steroid dienone is 1. The van der Waals surface area contributed by atoms with E-state index in [9.17, 15) is 13.2 Å². The lowest BCUT2D eigenvalue weighted by Crippen LogP contribution is -1.95. The molecular weight excluding hydrogens is 322 g/mol. The fourth-order valence-electron chi connectivity index (χ4n) is 1.75. The molecule has 0 heterocycles. The molecule has 0 unspecified atom stereocenters. The van der Waals surface area contributed by atoms with Crippen LogP contribution < -0.4 is 0 Å². The van der Waals surface area contributed by atoms with E-state index in [2.05, 4.69) is 0 Å². The molecule has 0 aromatic heterocycles. The van der Waals surface area contributed by atoms with Gasteiger partial charge >= 0.3 is 0 Å². The fraction of sp³-hybridized carbons (Fsp3) is 0. The number of nitriles is 1. The van der Waals surface area contributed by atoms with Crippen molar-refractivity contribution in [3.63, 3.8) is 0 Å². The lowest BCUT2D eigenvalue weighted by Gasteiger charge is -2.05. The molecule has 21 heavy (non-hydrogen) atoms. The predicted molar refractivity (Wildman–Crippen MR) is 76.3 cm³/mol. The number of benzene rings is 2. The van der Waals surface area contributed by atoms with Crippen molar-refractivity contribution < 1.29 is 13.2 Å². The molecule has 0 aliphatic carbocycles. The Kier molecular flexibility index (Phi) is 4.56. The van der Waals surface area contributed by atoms with Gasteiger partial charge in [-0.15, -0.1) is 0 Å². The maximum atomic E-state index is 13.8. The van der Waals surface area contributed by atoms with Crippen LogP contribution in [0, 0.1) is 28.8 Å². The Balaban J connectivity index is 2.63. The molecular formula is C15H6Cl2F3N. The van der Waals surface area contributed by atoms with Crippen LogP contribution >= 0.6 is 23.2 Å². The van der Waals surface area contributed by atoms with Crippen molar-refractivity contribution in [2.24, 2.45) is 0 Å². The van der Waals surface area contributed by atoms with Gasteiger partial charge in [-0.05, 0) is 24.3 Å². The number of hydrogen-bond acceptors (Lipinski definition) is 1. The van der Waals surface area contributed by atoms with Crippen LogP contribution in [0.25, 0.3) is 11.6 Å². The highest BCUT2D eigenvalue weighted by molar-refractivity contribution is 6.31. The first-order chi connectivity index (χ1) is 9.93. The lowest BCUT2D eigenvalue weighted by atomic mass is 10.0. The normalized spacial score (nSPS) is 11.3. The van der Waals surface area contributed by atoms with Crippen molar-refractivity contribution in [3.05, 3.63) is 69.0 Å². The molecule has 0 N–H and O–H groups in total. The van der Waals surface area contributed by atoms with Crippen LogP contribution in [0.3, 0.4) is 0 Å². The van der Waals surface area contributed by atoms with Crippen LogP contribution in [0.15, 0.2) is 30.3 Å². The zero-order valence-electron chi connectivity index (χ0n) is 10.3. The van der Waals surface area contributed by atoms with E-state index in [0.29, 0.717) is 0 Å². The van der Waals surface area contributed by atoms with Gasteiger partial charge in [0.25, 0.3) is 0 Å². The average molecular weight is 328 g/mol. The topological polar surface area (TPSA) is 23.8 Å². The van der Waals surface area contributed by atoms with E-state index in [1.807, 2.05) is 0 Å². The molecule has 2 aromatic rings. The van der Waals surface area contributed by atoms with Gasteiger partial charge in [0.15, 0.2) is 0 Å². The van der Waals surface area contributed by atoms with Crippen LogP contribution in [0.1, 0.15) is 11.1 Å². The number of nitrogens with zero attached hydrogens (tertiary/aromatic N) is 1. The van der Waals surface area contributed by atoms with Crippen LogP contribution in [0.2, 0.25) is 10.0 Å². The maximum Gasteiger partial charge on any atom is 0.149 e. The van der Waals surface area contributed by atoms with E-state index >= 15 is 0 Å². The second-order valence-electron chi connectivity index (χ2n) is 4.06. The Morgan fingerprint density at radius 2 is 1.71 bits per heavy atom. The molecule has 0 amide bonds. The molecule has 106 valence electrons. The molecule has 2 rings (SSSR count). The first kappa shape index (κ1) is 15.4. The van der Waals surface area contributed by atoms with Gasteiger partial charge in [0.1, 0.15) is 17.5 Å². The van der Waals surface area contributed by atoms with Crippen molar-refractivity contribution in [3.8, 4) is 6.07 Å². The van der Waals surface area contributed by atoms with Crippen LogP contribution in [0.4, 0.5) is 13.2 Å². The summed E-state index contributed by atoms with van der Waals surface area (Å²) in [6.45, 7) is 0. The molecule has 0 saturated carbocycles. The highest BCUT2D eigenvalue weighted by Crippen LogP contribution is 2.28. The van der Waals surface area contributed by atoms with E-state index in [4.69, 9.17) is 28.5 Å². The molecule has 6 heteroatoms. The van der Waals surface area contributed by atoms with Crippen molar-refractivity contribution in [2.75, 3.05) is 0 Å². The first-order valence-electron chi connectivity index (χ1n) is 5.64. The highest BCUT2D eigenvalue weighted by atomic mass is 35.5. The van der Waals surface area contributed by atoms with Gasteiger partial charge < -0.3 is 0 Å². The fourth-order valence-corrected chi connectivity index (χ4v) is 2.12. The van der Waals surface area contributed by atoms with Gasteiger partial charge in [-0.1, -0.05) is 35.3 Å². The van der Waals surface area contributed by atoms with E-state index < -0.39 is 23.0 Å². The minimum atomic E-state index is -1.00. The zero-order chi connectivity index (χ0) is 15.6. The third-order valence-corrected chi connectivity index (χ3v) is 3.19. The van der Waals surface area contributed by atoms with Gasteiger partial charge in [-0.25, -0.2) is 13.2 Å². The van der Waals surface area contributed by atoms with Crippen LogP contribution in [-0.4, -0.2) is 0 Å². The van der Waals surface area contributed by atoms with Gasteiger partial charge in [-0.3, -0.25) is 0 Å². The smallest absolute Gasteiger partial charge is 0.149 e. The zero-order valence-corrected chi connectivity index (χ0v) is 11.8. The van der Waals surface area contributed by atoms with Gasteiger partial charge in [0, 0.05) is 10.6 Å². The number of hydrogen-bond donors (Lipinski definition) is 0. The Morgan fingerprint density at radius 1 is 1.10 bits per heavy atom. The molecule has 0 radical (unpaired) electrons. The molecule has 0 fully saturated rings. The molecule has 0 aliphatic rings. The Morgan fingerprint density at radius 3 is 2.29 bits per heavy atom. The minimum Gasteiger partial charge on any atom is -0.206 e. The van der Waals surface area contributed by atoms with Crippen molar-refractivity contribution in [2.45, 2.75) is 0 Å². The Labute approximate surface area is 128 Å². The summed E-state index contributed by atoms with van der Waals surface area (Å²) in [5.74, 6) is -2.79. The summed E-state index contributed by atoms with van der Waals surface area (Å²) < 4.78 is 41.4. The Bertz CT molecular complexity index is 756. The molecule has 0 saturated heterocycles. The number of halogens is 5. The van der Waals surface area contributed by atoms with E-state index in [-0.39, 0.29) is 21.2 Å². The summed E-state index contributed by atoms with van der Waals surface area (Å²) in [7, 11) is 0. The van der Waals surface area contributed by atoms with E-state index in [1.165, 1.54) is 18.2 Å². The summed E-state index contributed by atoms with van der Waals surface area (Å²) in [6.07, 6.45) is 1.02. The predicted octanol–water partition coefficient (Wildman–Crippen LogP) is 5.47. The second kappa shape index (κ2) is 6.21. The molecule has 1 nitrogen and oxygen atoms in total. The van der Waals surface area contributed by atoms with Crippen molar-refractivity contribution in [1.82, 2.24) is 0 Å². The Hall–Kier alpha value is -1.96. The monoisotopic (exact) mass is 327 g/mol. The van der Waals surface area contributed by atoms with Crippen LogP contribution in [0.5, 0.6) is 0 Å². The maximum absolute atomic E-state index is 13.8. The van der Waals surface area contributed by atoms with Crippen LogP contribution in [-0.2, 0) is 0 Å². The first-order valence-corrected chi connectivity index (χ1v) is 6.40. The summed E-state index contributed by atoms with van der Waals surface area (Å²) in [5.41, 5.74) is -0.989. The molecule has 0 atom stereocenters. The summed E-state index contributed by atoms with van der Waals surface area (Å²) in [6, 6.07) is 7.51. The minimum absolute atomic E-state index is 0.0483. The largest absolute Gasteiger partial charge is 0.206 e. The standard InChI is InChI=1S/C15H6Cl2F3N/c16-10-5-12(18)14(13(19)6-10)9(7-21)4-8-2-1-3-11(17)15(8)20/h1-6H. The average Bonchev–Trinajstić information content (AvgIpc) is 2.41. The lowest BCUT2D eigenvalue weighted by molar-refractivity contribution is 0.578. The molecule has 0 bridgehead atoms. The third kappa shape index (κ3) is 3.21. The van der Waals surface area contributed by atoms with E-state index in [0.717, 1.165) is 18.2 Å². The van der Waals surface area contributed by atoms with Crippen molar-refractivity contribution >= 4 is 34.9 Å². The van der Waals surface area contributed by atoms with E-state index in [1.54, 1.807) is 6.07 Å². The van der Waals surface area contributed by atoms with Gasteiger partial charge in [0.05, 0.1) is 22.2 Å². The summed E-state index contributed by atoms with van der Waals surface area (Å²) >= 11 is 11.1. The summed E-state index contributed by atoms with van der Waals surface area (Å²) in [4.78, 5) is 0.